The second kappa shape index (κ2) is 4.48. The Morgan fingerprint density at radius 3 is 2.61 bits per heavy atom. The number of aromatic nitrogens is 4. The van der Waals surface area contributed by atoms with Gasteiger partial charge in [0.15, 0.2) is 5.69 Å². The Hall–Kier alpha value is -1.77. The molecular formula is C9H8F3N5S. The number of nitrogens with two attached hydrogens (primary N) is 1. The van der Waals surface area contributed by atoms with Crippen LogP contribution >= 0.6 is 11.8 Å². The standard InChI is InChI=1S/C9H8F3N5S/c1-17-4-5(3-14-17)18-7-2-6(9(10,11)12)15-8(13)16-7/h2-4H,1H3,(H2,13,15,16). The molecule has 0 spiro atoms. The largest absolute Gasteiger partial charge is 0.433 e. The summed E-state index contributed by atoms with van der Waals surface area (Å²) in [5.41, 5.74) is 4.20. The van der Waals surface area contributed by atoms with Crippen LogP contribution in [0.3, 0.4) is 0 Å². The first kappa shape index (κ1) is 12.7. The number of aryl methyl sites for hydroxylation is 1. The lowest BCUT2D eigenvalue weighted by atomic mass is 10.4. The van der Waals surface area contributed by atoms with Crippen LogP contribution in [0.5, 0.6) is 0 Å². The minimum Gasteiger partial charge on any atom is -0.368 e. The molecular weight excluding hydrogens is 267 g/mol. The fourth-order valence-corrected chi connectivity index (χ4v) is 2.07. The van der Waals surface area contributed by atoms with Gasteiger partial charge in [-0.3, -0.25) is 4.68 Å². The van der Waals surface area contributed by atoms with Crippen LogP contribution in [-0.4, -0.2) is 19.7 Å². The van der Waals surface area contributed by atoms with E-state index in [2.05, 4.69) is 15.1 Å². The van der Waals surface area contributed by atoms with Gasteiger partial charge in [0.05, 0.1) is 11.1 Å². The molecule has 2 heterocycles. The molecule has 0 aliphatic carbocycles. The topological polar surface area (TPSA) is 69.6 Å². The predicted molar refractivity (Wildman–Crippen MR) is 58.8 cm³/mol. The van der Waals surface area contributed by atoms with E-state index in [1.807, 2.05) is 0 Å². The summed E-state index contributed by atoms with van der Waals surface area (Å²) in [6, 6.07) is 0.855. The van der Waals surface area contributed by atoms with E-state index in [-0.39, 0.29) is 5.03 Å². The van der Waals surface area contributed by atoms with Crippen LogP contribution < -0.4 is 5.73 Å². The molecule has 0 atom stereocenters. The van der Waals surface area contributed by atoms with E-state index in [1.165, 1.54) is 10.9 Å². The van der Waals surface area contributed by atoms with Gasteiger partial charge in [-0.1, -0.05) is 11.8 Å². The molecule has 2 aromatic heterocycles. The zero-order valence-corrected chi connectivity index (χ0v) is 9.96. The molecule has 0 amide bonds. The van der Waals surface area contributed by atoms with Crippen LogP contribution in [-0.2, 0) is 13.2 Å². The number of anilines is 1. The Labute approximate surface area is 104 Å². The second-order valence-electron chi connectivity index (χ2n) is 3.40. The highest BCUT2D eigenvalue weighted by Gasteiger charge is 2.33. The third-order valence-corrected chi connectivity index (χ3v) is 2.78. The van der Waals surface area contributed by atoms with Crippen LogP contribution in [0.4, 0.5) is 19.1 Å². The molecule has 96 valence electrons. The molecule has 0 saturated heterocycles. The molecule has 18 heavy (non-hydrogen) atoms. The van der Waals surface area contributed by atoms with Crippen molar-refractivity contribution < 1.29 is 13.2 Å². The van der Waals surface area contributed by atoms with Crippen molar-refractivity contribution in [2.45, 2.75) is 16.1 Å². The molecule has 0 radical (unpaired) electrons. The van der Waals surface area contributed by atoms with Crippen LogP contribution in [0.25, 0.3) is 0 Å². The predicted octanol–water partition coefficient (Wildman–Crippen LogP) is 1.96. The van der Waals surface area contributed by atoms with Gasteiger partial charge in [0, 0.05) is 19.3 Å². The normalized spacial score (nSPS) is 11.8. The molecule has 0 unspecified atom stereocenters. The molecule has 5 nitrogen and oxygen atoms in total. The van der Waals surface area contributed by atoms with Crippen molar-refractivity contribution in [2.75, 3.05) is 5.73 Å². The minimum atomic E-state index is -4.54. The molecule has 0 fully saturated rings. The fraction of sp³-hybridized carbons (Fsp3) is 0.222. The number of halogens is 3. The van der Waals surface area contributed by atoms with Gasteiger partial charge in [0.25, 0.3) is 0 Å². The van der Waals surface area contributed by atoms with Crippen molar-refractivity contribution >= 4 is 17.7 Å². The molecule has 0 bridgehead atoms. The van der Waals surface area contributed by atoms with Gasteiger partial charge in [0.2, 0.25) is 5.95 Å². The Balaban J connectivity index is 2.31. The highest BCUT2D eigenvalue weighted by atomic mass is 32.2. The summed E-state index contributed by atoms with van der Waals surface area (Å²) >= 11 is 1.04. The van der Waals surface area contributed by atoms with E-state index in [1.54, 1.807) is 13.2 Å². The average molecular weight is 275 g/mol. The summed E-state index contributed by atoms with van der Waals surface area (Å²) in [6.07, 6.45) is -1.35. The molecule has 0 aliphatic rings. The summed E-state index contributed by atoms with van der Waals surface area (Å²) < 4.78 is 39.1. The first-order valence-electron chi connectivity index (χ1n) is 4.73. The first-order chi connectivity index (χ1) is 8.34. The summed E-state index contributed by atoms with van der Waals surface area (Å²) in [6.45, 7) is 0. The molecule has 0 aliphatic heterocycles. The SMILES string of the molecule is Cn1cc(Sc2cc(C(F)(F)F)nc(N)n2)cn1. The average Bonchev–Trinajstić information content (AvgIpc) is 2.61. The lowest BCUT2D eigenvalue weighted by Crippen LogP contribution is -2.11. The van der Waals surface area contributed by atoms with Gasteiger partial charge in [-0.25, -0.2) is 9.97 Å². The number of nitrogen functional groups attached to an aromatic ring is 1. The van der Waals surface area contributed by atoms with E-state index in [4.69, 9.17) is 5.73 Å². The summed E-state index contributed by atoms with van der Waals surface area (Å²) in [5.74, 6) is -0.406. The monoisotopic (exact) mass is 275 g/mol. The summed E-state index contributed by atoms with van der Waals surface area (Å²) in [7, 11) is 1.71. The molecule has 2 N–H and O–H groups in total. The maximum atomic E-state index is 12.5. The number of hydrogen-bond donors (Lipinski definition) is 1. The van der Waals surface area contributed by atoms with Crippen molar-refractivity contribution in [1.82, 2.24) is 19.7 Å². The molecule has 2 aromatic rings. The van der Waals surface area contributed by atoms with Crippen molar-refractivity contribution in [1.29, 1.82) is 0 Å². The van der Waals surface area contributed by atoms with Crippen LogP contribution in [0.1, 0.15) is 5.69 Å². The summed E-state index contributed by atoms with van der Waals surface area (Å²) in [4.78, 5) is 7.57. The van der Waals surface area contributed by atoms with Gasteiger partial charge in [-0.2, -0.15) is 18.3 Å². The first-order valence-corrected chi connectivity index (χ1v) is 5.54. The zero-order chi connectivity index (χ0) is 13.3. The van der Waals surface area contributed by atoms with Gasteiger partial charge in [0.1, 0.15) is 5.03 Å². The van der Waals surface area contributed by atoms with Gasteiger partial charge in [-0.15, -0.1) is 0 Å². The van der Waals surface area contributed by atoms with Gasteiger partial charge < -0.3 is 5.73 Å². The van der Waals surface area contributed by atoms with Crippen LogP contribution in [0.15, 0.2) is 28.4 Å². The smallest absolute Gasteiger partial charge is 0.368 e. The van der Waals surface area contributed by atoms with Gasteiger partial charge in [-0.05, 0) is 0 Å². The third-order valence-electron chi connectivity index (χ3n) is 1.91. The second-order valence-corrected chi connectivity index (χ2v) is 4.49. The summed E-state index contributed by atoms with van der Waals surface area (Å²) in [5, 5.41) is 4.03. The Bertz CT molecular complexity index is 566. The van der Waals surface area contributed by atoms with Crippen LogP contribution in [0, 0.1) is 0 Å². The van der Waals surface area contributed by atoms with E-state index < -0.39 is 17.8 Å². The minimum absolute atomic E-state index is 0.128. The lowest BCUT2D eigenvalue weighted by molar-refractivity contribution is -0.141. The highest BCUT2D eigenvalue weighted by molar-refractivity contribution is 7.99. The van der Waals surface area contributed by atoms with E-state index in [0.717, 1.165) is 17.8 Å². The third kappa shape index (κ3) is 2.92. The number of alkyl halides is 3. The molecule has 2 rings (SSSR count). The van der Waals surface area contributed by atoms with Gasteiger partial charge >= 0.3 is 6.18 Å². The van der Waals surface area contributed by atoms with Crippen LogP contribution in [0.2, 0.25) is 0 Å². The molecule has 0 saturated carbocycles. The molecule has 9 heteroatoms. The van der Waals surface area contributed by atoms with Crippen molar-refractivity contribution in [3.05, 3.63) is 24.2 Å². The number of hydrogen-bond acceptors (Lipinski definition) is 5. The maximum Gasteiger partial charge on any atom is 0.433 e. The number of rotatable bonds is 2. The fourth-order valence-electron chi connectivity index (χ4n) is 1.21. The van der Waals surface area contributed by atoms with Crippen molar-refractivity contribution in [2.24, 2.45) is 7.05 Å². The number of nitrogens with zero attached hydrogens (tertiary/aromatic N) is 4. The van der Waals surface area contributed by atoms with E-state index in [0.29, 0.717) is 4.90 Å². The Morgan fingerprint density at radius 1 is 1.33 bits per heavy atom. The highest BCUT2D eigenvalue weighted by Crippen LogP contribution is 2.32. The quantitative estimate of drug-likeness (QED) is 0.848. The van der Waals surface area contributed by atoms with Crippen molar-refractivity contribution in [3.63, 3.8) is 0 Å². The van der Waals surface area contributed by atoms with Crippen molar-refractivity contribution in [3.8, 4) is 0 Å². The van der Waals surface area contributed by atoms with E-state index in [9.17, 15) is 13.2 Å². The Kier molecular flexibility index (Phi) is 3.16. The van der Waals surface area contributed by atoms with E-state index >= 15 is 0 Å². The maximum absolute atomic E-state index is 12.5. The lowest BCUT2D eigenvalue weighted by Gasteiger charge is -2.07. The zero-order valence-electron chi connectivity index (χ0n) is 9.14. The Morgan fingerprint density at radius 2 is 2.06 bits per heavy atom. The molecule has 0 aromatic carbocycles.